The minimum absolute atomic E-state index is 0.145. The van der Waals surface area contributed by atoms with Gasteiger partial charge in [-0.05, 0) is 44.4 Å². The molecule has 7 heteroatoms. The van der Waals surface area contributed by atoms with Gasteiger partial charge in [0.2, 0.25) is 0 Å². The molecule has 25 heavy (non-hydrogen) atoms. The van der Waals surface area contributed by atoms with E-state index in [1.807, 2.05) is 20.8 Å². The molecule has 0 saturated carbocycles. The van der Waals surface area contributed by atoms with E-state index in [1.54, 1.807) is 11.0 Å². The van der Waals surface area contributed by atoms with Crippen LogP contribution in [0.3, 0.4) is 0 Å². The van der Waals surface area contributed by atoms with Crippen LogP contribution in [0.25, 0.3) is 5.57 Å². The number of carbonyl (C=O) groups is 1. The summed E-state index contributed by atoms with van der Waals surface area (Å²) in [6.45, 7) is 5.83. The van der Waals surface area contributed by atoms with E-state index in [4.69, 9.17) is 9.84 Å². The van der Waals surface area contributed by atoms with E-state index < -0.39 is 17.5 Å². The molecular formula is C18H25FN2O4. The fourth-order valence-electron chi connectivity index (χ4n) is 2.54. The second-order valence-corrected chi connectivity index (χ2v) is 7.12. The van der Waals surface area contributed by atoms with Crippen LogP contribution in [0.1, 0.15) is 38.4 Å². The zero-order chi connectivity index (χ0) is 18.6. The molecule has 1 aliphatic rings. The van der Waals surface area contributed by atoms with Gasteiger partial charge < -0.3 is 19.8 Å². The number of carbonyl (C=O) groups excluding carboxylic acids is 1. The first-order chi connectivity index (χ1) is 11.7. The van der Waals surface area contributed by atoms with Gasteiger partial charge >= 0.3 is 6.09 Å². The molecule has 2 heterocycles. The van der Waals surface area contributed by atoms with Crippen molar-refractivity contribution in [3.05, 3.63) is 35.4 Å². The number of hydrogen-bond acceptors (Lipinski definition) is 5. The highest BCUT2D eigenvalue weighted by Crippen LogP contribution is 2.24. The number of ether oxygens (including phenoxy) is 1. The molecule has 0 spiro atoms. The Hall–Kier alpha value is -1.99. The van der Waals surface area contributed by atoms with E-state index >= 15 is 0 Å². The van der Waals surface area contributed by atoms with E-state index in [2.05, 4.69) is 4.98 Å². The summed E-state index contributed by atoms with van der Waals surface area (Å²) in [5.41, 5.74) is 0.969. The van der Waals surface area contributed by atoms with Crippen LogP contribution in [0.4, 0.5) is 9.18 Å². The maximum absolute atomic E-state index is 14.3. The summed E-state index contributed by atoms with van der Waals surface area (Å²) in [5.74, 6) is -0.473. The highest BCUT2D eigenvalue weighted by atomic mass is 19.1. The van der Waals surface area contributed by atoms with Gasteiger partial charge in [-0.2, -0.15) is 0 Å². The number of aromatic nitrogens is 1. The quantitative estimate of drug-likeness (QED) is 0.867. The Morgan fingerprint density at radius 3 is 2.72 bits per heavy atom. The minimum atomic E-state index is -0.927. The normalized spacial score (nSPS) is 16.4. The Labute approximate surface area is 146 Å². The van der Waals surface area contributed by atoms with Gasteiger partial charge in [-0.3, -0.25) is 4.98 Å². The first-order valence-corrected chi connectivity index (χ1v) is 8.30. The van der Waals surface area contributed by atoms with Crippen LogP contribution in [0.15, 0.2) is 18.3 Å². The van der Waals surface area contributed by atoms with Crippen molar-refractivity contribution in [2.45, 2.75) is 45.3 Å². The van der Waals surface area contributed by atoms with Crippen LogP contribution in [-0.4, -0.2) is 57.6 Å². The van der Waals surface area contributed by atoms with Crippen LogP contribution < -0.4 is 0 Å². The molecule has 1 aromatic rings. The monoisotopic (exact) mass is 352 g/mol. The molecule has 0 aliphatic carbocycles. The van der Waals surface area contributed by atoms with Gasteiger partial charge in [0.25, 0.3) is 0 Å². The number of aliphatic hydroxyl groups is 2. The Bertz CT molecular complexity index is 655. The van der Waals surface area contributed by atoms with Gasteiger partial charge in [-0.15, -0.1) is 0 Å². The largest absolute Gasteiger partial charge is 0.444 e. The average molecular weight is 352 g/mol. The fourth-order valence-corrected chi connectivity index (χ4v) is 2.54. The van der Waals surface area contributed by atoms with Crippen LogP contribution in [0.5, 0.6) is 0 Å². The highest BCUT2D eigenvalue weighted by molar-refractivity contribution is 5.72. The number of hydrogen-bond donors (Lipinski definition) is 2. The van der Waals surface area contributed by atoms with Crippen molar-refractivity contribution < 1.29 is 24.1 Å². The van der Waals surface area contributed by atoms with E-state index in [0.717, 1.165) is 5.57 Å². The topological polar surface area (TPSA) is 82.9 Å². The van der Waals surface area contributed by atoms with Crippen LogP contribution in [0.2, 0.25) is 0 Å². The van der Waals surface area contributed by atoms with E-state index in [9.17, 15) is 14.3 Å². The van der Waals surface area contributed by atoms with Crippen molar-refractivity contribution in [2.24, 2.45) is 0 Å². The van der Waals surface area contributed by atoms with E-state index in [0.29, 0.717) is 25.1 Å². The van der Waals surface area contributed by atoms with Crippen molar-refractivity contribution in [1.82, 2.24) is 9.88 Å². The standard InChI is InChI=1S/C18H25FN2O4/c1-18(2,3)25-17(24)21-6-4-13(5-7-21)16-15(19)9-12(10-20-16)8-14(23)11-22/h4,9-10,14,22-23H,5-8,11H2,1-3H3/t14-/m0/s1. The average Bonchev–Trinajstić information content (AvgIpc) is 2.53. The number of amides is 1. The number of pyridine rings is 1. The third-order valence-electron chi connectivity index (χ3n) is 3.74. The summed E-state index contributed by atoms with van der Waals surface area (Å²) in [6, 6.07) is 1.32. The lowest BCUT2D eigenvalue weighted by molar-refractivity contribution is 0.0270. The number of halogens is 1. The number of rotatable bonds is 4. The molecule has 1 amide bonds. The molecule has 1 atom stereocenters. The number of nitrogens with zero attached hydrogens (tertiary/aromatic N) is 2. The molecule has 2 rings (SSSR count). The second kappa shape index (κ2) is 7.93. The molecule has 0 saturated heterocycles. The molecule has 1 aromatic heterocycles. The number of aliphatic hydroxyl groups excluding tert-OH is 2. The third kappa shape index (κ3) is 5.51. The van der Waals surface area contributed by atoms with Crippen molar-refractivity contribution in [3.8, 4) is 0 Å². The van der Waals surface area contributed by atoms with Gasteiger partial charge in [0.15, 0.2) is 0 Å². The highest BCUT2D eigenvalue weighted by Gasteiger charge is 2.25. The molecule has 0 aromatic carbocycles. The summed E-state index contributed by atoms with van der Waals surface area (Å²) in [7, 11) is 0. The molecule has 6 nitrogen and oxygen atoms in total. The van der Waals surface area contributed by atoms with Crippen LogP contribution in [0, 0.1) is 5.82 Å². The Morgan fingerprint density at radius 2 is 2.20 bits per heavy atom. The summed E-state index contributed by atoms with van der Waals surface area (Å²) in [5, 5.41) is 18.3. The van der Waals surface area contributed by atoms with Crippen molar-refractivity contribution in [3.63, 3.8) is 0 Å². The van der Waals surface area contributed by atoms with Gasteiger partial charge in [0.05, 0.1) is 12.7 Å². The Morgan fingerprint density at radius 1 is 1.48 bits per heavy atom. The van der Waals surface area contributed by atoms with Gasteiger partial charge in [0, 0.05) is 25.7 Å². The van der Waals surface area contributed by atoms with Crippen molar-refractivity contribution >= 4 is 11.7 Å². The molecule has 0 bridgehead atoms. The van der Waals surface area contributed by atoms with Crippen molar-refractivity contribution in [2.75, 3.05) is 19.7 Å². The van der Waals surface area contributed by atoms with Gasteiger partial charge in [-0.1, -0.05) is 6.08 Å². The zero-order valence-electron chi connectivity index (χ0n) is 14.8. The lowest BCUT2D eigenvalue weighted by Crippen LogP contribution is -2.39. The lowest BCUT2D eigenvalue weighted by atomic mass is 10.0. The minimum Gasteiger partial charge on any atom is -0.444 e. The maximum atomic E-state index is 14.3. The molecule has 1 aliphatic heterocycles. The molecule has 138 valence electrons. The smallest absolute Gasteiger partial charge is 0.410 e. The predicted molar refractivity (Wildman–Crippen MR) is 91.4 cm³/mol. The molecule has 2 N–H and O–H groups in total. The Balaban J connectivity index is 2.05. The fraction of sp³-hybridized carbons (Fsp3) is 0.556. The first-order valence-electron chi connectivity index (χ1n) is 8.30. The predicted octanol–water partition coefficient (Wildman–Crippen LogP) is 2.14. The first kappa shape index (κ1) is 19.3. The van der Waals surface area contributed by atoms with Crippen molar-refractivity contribution in [1.29, 1.82) is 0 Å². The zero-order valence-corrected chi connectivity index (χ0v) is 14.8. The summed E-state index contributed by atoms with van der Waals surface area (Å²) in [6.07, 6.45) is 2.60. The third-order valence-corrected chi connectivity index (χ3v) is 3.74. The van der Waals surface area contributed by atoms with E-state index in [1.165, 1.54) is 12.3 Å². The lowest BCUT2D eigenvalue weighted by Gasteiger charge is -2.29. The molecule has 0 fully saturated rings. The SMILES string of the molecule is CC(C)(C)OC(=O)N1CC=C(c2ncc(C[C@H](O)CO)cc2F)CC1. The molecule has 0 unspecified atom stereocenters. The summed E-state index contributed by atoms with van der Waals surface area (Å²) < 4.78 is 19.6. The molecular weight excluding hydrogens is 327 g/mol. The van der Waals surface area contributed by atoms with E-state index in [-0.39, 0.29) is 24.8 Å². The molecule has 0 radical (unpaired) electrons. The second-order valence-electron chi connectivity index (χ2n) is 7.12. The van der Waals surface area contributed by atoms with Gasteiger partial charge in [0.1, 0.15) is 17.1 Å². The summed E-state index contributed by atoms with van der Waals surface area (Å²) >= 11 is 0. The Kier molecular flexibility index (Phi) is 6.13. The maximum Gasteiger partial charge on any atom is 0.410 e. The van der Waals surface area contributed by atoms with Gasteiger partial charge in [-0.25, -0.2) is 9.18 Å². The summed E-state index contributed by atoms with van der Waals surface area (Å²) in [4.78, 5) is 17.8. The van der Waals surface area contributed by atoms with Crippen LogP contribution in [-0.2, 0) is 11.2 Å². The van der Waals surface area contributed by atoms with Crippen LogP contribution >= 0.6 is 0 Å².